The number of fused-ring (bicyclic) bond motifs is 1. The molecule has 0 aliphatic rings. The average molecular weight is 350 g/mol. The number of carbonyl (C=O) groups is 1. The lowest BCUT2D eigenvalue weighted by Gasteiger charge is -2.29. The van der Waals surface area contributed by atoms with E-state index in [0.717, 1.165) is 16.7 Å². The van der Waals surface area contributed by atoms with Crippen LogP contribution >= 0.6 is 0 Å². The maximum absolute atomic E-state index is 12.8. The Kier molecular flexibility index (Phi) is 5.43. The lowest BCUT2D eigenvalue weighted by Crippen LogP contribution is -2.38. The zero-order chi connectivity index (χ0) is 18.7. The fourth-order valence-corrected chi connectivity index (χ4v) is 3.06. The highest BCUT2D eigenvalue weighted by Gasteiger charge is 2.23. The monoisotopic (exact) mass is 350 g/mol. The minimum absolute atomic E-state index is 0.0724. The van der Waals surface area contributed by atoms with E-state index in [1.807, 2.05) is 69.6 Å². The van der Waals surface area contributed by atoms with E-state index in [2.05, 4.69) is 24.0 Å². The first-order chi connectivity index (χ1) is 12.5. The second kappa shape index (κ2) is 7.75. The summed E-state index contributed by atoms with van der Waals surface area (Å²) in [5.74, 6) is 0.879. The molecule has 0 aliphatic carbocycles. The summed E-state index contributed by atoms with van der Waals surface area (Å²) < 4.78 is 5.92. The number of para-hydroxylation sites is 1. The molecule has 1 aromatic heterocycles. The van der Waals surface area contributed by atoms with Gasteiger partial charge in [0.05, 0.1) is 12.6 Å². The Morgan fingerprint density at radius 3 is 2.31 bits per heavy atom. The van der Waals surface area contributed by atoms with Gasteiger partial charge in [0, 0.05) is 18.5 Å². The Hall–Kier alpha value is -2.59. The molecule has 2 unspecified atom stereocenters. The van der Waals surface area contributed by atoms with Crippen molar-refractivity contribution in [3.8, 4) is 0 Å². The number of benzene rings is 2. The van der Waals surface area contributed by atoms with E-state index in [1.54, 1.807) is 4.90 Å². The summed E-state index contributed by atoms with van der Waals surface area (Å²) in [5.41, 5.74) is 2.06. The van der Waals surface area contributed by atoms with Crippen molar-refractivity contribution in [3.05, 3.63) is 72.0 Å². The summed E-state index contributed by atoms with van der Waals surface area (Å²) in [6.07, 6.45) is 0. The van der Waals surface area contributed by atoms with Crippen molar-refractivity contribution in [1.29, 1.82) is 0 Å². The van der Waals surface area contributed by atoms with Crippen LogP contribution < -0.4 is 0 Å². The fourth-order valence-electron chi connectivity index (χ4n) is 3.06. The first-order valence-electron chi connectivity index (χ1n) is 8.96. The van der Waals surface area contributed by atoms with Gasteiger partial charge < -0.3 is 9.32 Å². The third-order valence-corrected chi connectivity index (χ3v) is 5.16. The van der Waals surface area contributed by atoms with E-state index in [4.69, 9.17) is 4.42 Å². The maximum Gasteiger partial charge on any atom is 0.237 e. The summed E-state index contributed by atoms with van der Waals surface area (Å²) in [6.45, 7) is 4.47. The number of rotatable bonds is 6. The molecule has 0 N–H and O–H groups in total. The van der Waals surface area contributed by atoms with Gasteiger partial charge in [-0.25, -0.2) is 0 Å². The second-order valence-corrected chi connectivity index (χ2v) is 6.87. The predicted octanol–water partition coefficient (Wildman–Crippen LogP) is 4.65. The maximum atomic E-state index is 12.8. The molecule has 1 amide bonds. The van der Waals surface area contributed by atoms with Gasteiger partial charge in [-0.05, 0) is 38.6 Å². The van der Waals surface area contributed by atoms with Gasteiger partial charge in [0.1, 0.15) is 11.3 Å². The van der Waals surface area contributed by atoms with Crippen LogP contribution in [-0.2, 0) is 4.79 Å². The fraction of sp³-hybridized carbons (Fsp3) is 0.318. The number of amides is 1. The molecule has 0 bridgehead atoms. The Labute approximate surface area is 155 Å². The van der Waals surface area contributed by atoms with Crippen molar-refractivity contribution in [1.82, 2.24) is 9.80 Å². The van der Waals surface area contributed by atoms with Crippen molar-refractivity contribution in [3.63, 3.8) is 0 Å². The molecule has 0 saturated heterocycles. The van der Waals surface area contributed by atoms with Crippen molar-refractivity contribution in [2.45, 2.75) is 25.9 Å². The van der Waals surface area contributed by atoms with E-state index >= 15 is 0 Å². The minimum atomic E-state index is -0.115. The average Bonchev–Trinajstić information content (AvgIpc) is 3.11. The highest BCUT2D eigenvalue weighted by Crippen LogP contribution is 2.27. The van der Waals surface area contributed by atoms with Crippen LogP contribution in [0, 0.1) is 0 Å². The highest BCUT2D eigenvalue weighted by molar-refractivity contribution is 5.80. The molecule has 0 radical (unpaired) electrons. The lowest BCUT2D eigenvalue weighted by atomic mass is 10.1. The van der Waals surface area contributed by atoms with Crippen molar-refractivity contribution in [2.75, 3.05) is 20.6 Å². The molecule has 0 fully saturated rings. The summed E-state index contributed by atoms with van der Waals surface area (Å²) >= 11 is 0. The molecule has 0 aliphatic heterocycles. The van der Waals surface area contributed by atoms with Crippen LogP contribution in [-0.4, -0.2) is 36.3 Å². The Morgan fingerprint density at radius 1 is 0.962 bits per heavy atom. The number of hydrogen-bond donors (Lipinski definition) is 0. The first kappa shape index (κ1) is 18.2. The van der Waals surface area contributed by atoms with Gasteiger partial charge in [0.25, 0.3) is 0 Å². The van der Waals surface area contributed by atoms with Gasteiger partial charge in [-0.1, -0.05) is 48.5 Å². The molecule has 0 spiro atoms. The zero-order valence-electron chi connectivity index (χ0n) is 15.8. The van der Waals surface area contributed by atoms with E-state index < -0.39 is 0 Å². The van der Waals surface area contributed by atoms with E-state index in [1.165, 1.54) is 5.56 Å². The van der Waals surface area contributed by atoms with Crippen molar-refractivity contribution in [2.24, 2.45) is 0 Å². The highest BCUT2D eigenvalue weighted by atomic mass is 16.3. The first-order valence-corrected chi connectivity index (χ1v) is 8.96. The summed E-state index contributed by atoms with van der Waals surface area (Å²) in [6, 6.07) is 20.2. The lowest BCUT2D eigenvalue weighted by molar-refractivity contribution is -0.133. The SMILES string of the molecule is CC(c1ccccc1)N(C)CC(=O)N(C)C(C)c1cc2ccccc2o1. The van der Waals surface area contributed by atoms with Crippen LogP contribution in [0.2, 0.25) is 0 Å². The van der Waals surface area contributed by atoms with E-state index in [9.17, 15) is 4.79 Å². The van der Waals surface area contributed by atoms with Crippen LogP contribution in [0.5, 0.6) is 0 Å². The Bertz CT molecular complexity index is 839. The molecule has 4 nitrogen and oxygen atoms in total. The van der Waals surface area contributed by atoms with Crippen LogP contribution in [0.25, 0.3) is 11.0 Å². The van der Waals surface area contributed by atoms with Gasteiger partial charge in [-0.3, -0.25) is 9.69 Å². The molecule has 0 saturated carbocycles. The van der Waals surface area contributed by atoms with Crippen LogP contribution in [0.15, 0.2) is 65.1 Å². The zero-order valence-corrected chi connectivity index (χ0v) is 15.8. The largest absolute Gasteiger partial charge is 0.459 e. The van der Waals surface area contributed by atoms with Crippen LogP contribution in [0.3, 0.4) is 0 Å². The van der Waals surface area contributed by atoms with Gasteiger partial charge >= 0.3 is 0 Å². The number of hydrogen-bond acceptors (Lipinski definition) is 3. The topological polar surface area (TPSA) is 36.7 Å². The number of carbonyl (C=O) groups excluding carboxylic acids is 1. The van der Waals surface area contributed by atoms with Gasteiger partial charge in [0.15, 0.2) is 0 Å². The molecule has 1 heterocycles. The van der Waals surface area contributed by atoms with Crippen LogP contribution in [0.4, 0.5) is 0 Å². The molecule has 3 aromatic rings. The predicted molar refractivity (Wildman–Crippen MR) is 105 cm³/mol. The number of furan rings is 1. The van der Waals surface area contributed by atoms with Crippen molar-refractivity contribution >= 4 is 16.9 Å². The number of nitrogens with zero attached hydrogens (tertiary/aromatic N) is 2. The molecule has 2 aromatic carbocycles. The quantitative estimate of drug-likeness (QED) is 0.649. The van der Waals surface area contributed by atoms with Gasteiger partial charge in [-0.2, -0.15) is 0 Å². The van der Waals surface area contributed by atoms with E-state index in [0.29, 0.717) is 6.54 Å². The normalized spacial score (nSPS) is 13.7. The smallest absolute Gasteiger partial charge is 0.237 e. The Morgan fingerprint density at radius 2 is 1.62 bits per heavy atom. The van der Waals surface area contributed by atoms with Gasteiger partial charge in [0.2, 0.25) is 5.91 Å². The standard InChI is InChI=1S/C22H26N2O2/c1-16(18-10-6-5-7-11-18)23(3)15-22(25)24(4)17(2)21-14-19-12-8-9-13-20(19)26-21/h5-14,16-17H,15H2,1-4H3. The van der Waals surface area contributed by atoms with Gasteiger partial charge in [-0.15, -0.1) is 0 Å². The molecule has 26 heavy (non-hydrogen) atoms. The molecule has 3 rings (SSSR count). The molecule has 2 atom stereocenters. The third-order valence-electron chi connectivity index (χ3n) is 5.16. The molecule has 136 valence electrons. The minimum Gasteiger partial charge on any atom is -0.459 e. The molecular formula is C22H26N2O2. The summed E-state index contributed by atoms with van der Waals surface area (Å²) in [7, 11) is 3.82. The van der Waals surface area contributed by atoms with E-state index in [-0.39, 0.29) is 18.0 Å². The summed E-state index contributed by atoms with van der Waals surface area (Å²) in [4.78, 5) is 16.6. The second-order valence-electron chi connectivity index (χ2n) is 6.87. The molecular weight excluding hydrogens is 324 g/mol. The summed E-state index contributed by atoms with van der Waals surface area (Å²) in [5, 5.41) is 1.06. The molecule has 4 heteroatoms. The Balaban J connectivity index is 1.66. The third kappa shape index (κ3) is 3.81. The van der Waals surface area contributed by atoms with Crippen molar-refractivity contribution < 1.29 is 9.21 Å². The van der Waals surface area contributed by atoms with Crippen LogP contribution in [0.1, 0.15) is 37.3 Å². The number of likely N-dealkylation sites (N-methyl/N-ethyl adjacent to an activating group) is 2.